The van der Waals surface area contributed by atoms with Crippen LogP contribution in [0.5, 0.6) is 11.5 Å². The molecule has 0 atom stereocenters. The van der Waals surface area contributed by atoms with Gasteiger partial charge in [0.1, 0.15) is 0 Å². The number of hydrogen-bond acceptors (Lipinski definition) is 5. The molecule has 3 aromatic rings. The number of rotatable bonds is 11. The Labute approximate surface area is 177 Å². The molecular weight excluding hydrogens is 380 g/mol. The fourth-order valence-electron chi connectivity index (χ4n) is 3.00. The quantitative estimate of drug-likeness (QED) is 0.471. The third-order valence-corrected chi connectivity index (χ3v) is 4.61. The van der Waals surface area contributed by atoms with Gasteiger partial charge in [-0.25, -0.2) is 0 Å². The number of amides is 1. The van der Waals surface area contributed by atoms with Crippen molar-refractivity contribution in [3.05, 3.63) is 66.1 Å². The lowest BCUT2D eigenvalue weighted by Crippen LogP contribution is -2.13. The van der Waals surface area contributed by atoms with Gasteiger partial charge in [-0.05, 0) is 36.8 Å². The highest BCUT2D eigenvalue weighted by atomic mass is 16.5. The molecule has 0 fully saturated rings. The average molecular weight is 409 g/mol. The Bertz CT molecular complexity index is 941. The maximum absolute atomic E-state index is 12.6. The number of unbranched alkanes of at least 4 members (excludes halogenated alkanes) is 3. The van der Waals surface area contributed by atoms with Crippen molar-refractivity contribution in [2.75, 3.05) is 19.0 Å². The van der Waals surface area contributed by atoms with Crippen molar-refractivity contribution >= 4 is 11.7 Å². The van der Waals surface area contributed by atoms with Crippen LogP contribution >= 0.6 is 0 Å². The van der Waals surface area contributed by atoms with E-state index in [0.29, 0.717) is 36.0 Å². The van der Waals surface area contributed by atoms with Crippen LogP contribution in [0, 0.1) is 0 Å². The van der Waals surface area contributed by atoms with E-state index >= 15 is 0 Å². The van der Waals surface area contributed by atoms with Crippen molar-refractivity contribution < 1.29 is 14.3 Å². The SMILES string of the molecule is CCCCCCOc1ccc(C(=O)Nc2ccn(Cc3ccccn3)n2)cc1OC. The van der Waals surface area contributed by atoms with Gasteiger partial charge >= 0.3 is 0 Å². The van der Waals surface area contributed by atoms with Crippen molar-refractivity contribution in [3.8, 4) is 11.5 Å². The number of carbonyl (C=O) groups excluding carboxylic acids is 1. The van der Waals surface area contributed by atoms with Gasteiger partial charge in [0, 0.05) is 24.0 Å². The van der Waals surface area contributed by atoms with Crippen LogP contribution in [0.3, 0.4) is 0 Å². The molecule has 158 valence electrons. The van der Waals surface area contributed by atoms with E-state index in [-0.39, 0.29) is 5.91 Å². The molecule has 0 aliphatic heterocycles. The summed E-state index contributed by atoms with van der Waals surface area (Å²) in [4.78, 5) is 16.9. The predicted octanol–water partition coefficient (Wildman–Crippen LogP) is 4.55. The van der Waals surface area contributed by atoms with Gasteiger partial charge in [0.05, 0.1) is 26.0 Å². The lowest BCUT2D eigenvalue weighted by atomic mass is 10.2. The monoisotopic (exact) mass is 408 g/mol. The van der Waals surface area contributed by atoms with Crippen LogP contribution in [0.1, 0.15) is 48.7 Å². The van der Waals surface area contributed by atoms with E-state index in [1.165, 1.54) is 12.8 Å². The Morgan fingerprint density at radius 2 is 2.00 bits per heavy atom. The van der Waals surface area contributed by atoms with E-state index in [9.17, 15) is 4.79 Å². The topological polar surface area (TPSA) is 78.3 Å². The molecule has 7 heteroatoms. The molecule has 3 rings (SSSR count). The van der Waals surface area contributed by atoms with Crippen molar-refractivity contribution in [1.29, 1.82) is 0 Å². The number of nitrogens with one attached hydrogen (secondary N) is 1. The molecule has 1 amide bonds. The number of carbonyl (C=O) groups is 1. The highest BCUT2D eigenvalue weighted by Crippen LogP contribution is 2.28. The molecule has 30 heavy (non-hydrogen) atoms. The van der Waals surface area contributed by atoms with Crippen LogP contribution in [-0.4, -0.2) is 34.4 Å². The Balaban J connectivity index is 1.58. The van der Waals surface area contributed by atoms with E-state index in [0.717, 1.165) is 18.5 Å². The van der Waals surface area contributed by atoms with Crippen molar-refractivity contribution in [1.82, 2.24) is 14.8 Å². The number of methoxy groups -OCH3 is 1. The van der Waals surface area contributed by atoms with Crippen LogP contribution in [0.25, 0.3) is 0 Å². The normalized spacial score (nSPS) is 10.6. The summed E-state index contributed by atoms with van der Waals surface area (Å²) in [7, 11) is 1.57. The molecule has 1 aromatic carbocycles. The summed E-state index contributed by atoms with van der Waals surface area (Å²) in [5.74, 6) is 1.40. The highest BCUT2D eigenvalue weighted by molar-refractivity contribution is 6.04. The third-order valence-electron chi connectivity index (χ3n) is 4.61. The van der Waals surface area contributed by atoms with E-state index in [1.807, 2.05) is 18.2 Å². The van der Waals surface area contributed by atoms with Crippen LogP contribution in [0.4, 0.5) is 5.82 Å². The number of anilines is 1. The zero-order valence-electron chi connectivity index (χ0n) is 17.5. The second kappa shape index (κ2) is 11.0. The first-order chi connectivity index (χ1) is 14.7. The fraction of sp³-hybridized carbons (Fsp3) is 0.348. The Morgan fingerprint density at radius 1 is 1.10 bits per heavy atom. The molecule has 0 saturated heterocycles. The smallest absolute Gasteiger partial charge is 0.257 e. The molecular formula is C23H28N4O3. The van der Waals surface area contributed by atoms with Gasteiger partial charge in [-0.2, -0.15) is 5.10 Å². The molecule has 0 saturated carbocycles. The number of hydrogen-bond donors (Lipinski definition) is 1. The maximum atomic E-state index is 12.6. The Kier molecular flexibility index (Phi) is 7.83. The van der Waals surface area contributed by atoms with E-state index in [2.05, 4.69) is 22.3 Å². The van der Waals surface area contributed by atoms with Crippen LogP contribution in [0.15, 0.2) is 54.9 Å². The van der Waals surface area contributed by atoms with Gasteiger partial charge in [0.2, 0.25) is 0 Å². The molecule has 0 unspecified atom stereocenters. The average Bonchev–Trinajstić information content (AvgIpc) is 3.20. The summed E-state index contributed by atoms with van der Waals surface area (Å²) in [6.45, 7) is 3.35. The zero-order valence-corrected chi connectivity index (χ0v) is 17.5. The Hall–Kier alpha value is -3.35. The second-order valence-corrected chi connectivity index (χ2v) is 6.95. The van der Waals surface area contributed by atoms with Crippen molar-refractivity contribution in [2.24, 2.45) is 0 Å². The van der Waals surface area contributed by atoms with Crippen LogP contribution in [0.2, 0.25) is 0 Å². The molecule has 2 aromatic heterocycles. The molecule has 0 spiro atoms. The molecule has 7 nitrogen and oxygen atoms in total. The van der Waals surface area contributed by atoms with Gasteiger partial charge < -0.3 is 14.8 Å². The number of pyridine rings is 1. The van der Waals surface area contributed by atoms with Crippen LogP contribution < -0.4 is 14.8 Å². The highest BCUT2D eigenvalue weighted by Gasteiger charge is 2.13. The first-order valence-corrected chi connectivity index (χ1v) is 10.2. The lowest BCUT2D eigenvalue weighted by molar-refractivity contribution is 0.102. The van der Waals surface area contributed by atoms with Gasteiger partial charge in [-0.3, -0.25) is 14.5 Å². The van der Waals surface area contributed by atoms with Gasteiger partial charge in [0.25, 0.3) is 5.91 Å². The Morgan fingerprint density at radius 3 is 2.77 bits per heavy atom. The third kappa shape index (κ3) is 6.07. The fourth-order valence-corrected chi connectivity index (χ4v) is 3.00. The predicted molar refractivity (Wildman–Crippen MR) is 116 cm³/mol. The molecule has 0 aliphatic rings. The summed E-state index contributed by atoms with van der Waals surface area (Å²) < 4.78 is 12.9. The number of benzene rings is 1. The van der Waals surface area contributed by atoms with E-state index in [4.69, 9.17) is 9.47 Å². The van der Waals surface area contributed by atoms with E-state index in [1.54, 1.807) is 48.5 Å². The zero-order chi connectivity index (χ0) is 21.2. The molecule has 0 radical (unpaired) electrons. The van der Waals surface area contributed by atoms with Gasteiger partial charge in [-0.1, -0.05) is 32.3 Å². The molecule has 0 bridgehead atoms. The first kappa shape index (κ1) is 21.4. The number of aromatic nitrogens is 3. The first-order valence-electron chi connectivity index (χ1n) is 10.2. The summed E-state index contributed by atoms with van der Waals surface area (Å²) in [6.07, 6.45) is 8.09. The largest absolute Gasteiger partial charge is 0.493 e. The molecule has 0 aliphatic carbocycles. The number of nitrogens with zero attached hydrogens (tertiary/aromatic N) is 3. The van der Waals surface area contributed by atoms with E-state index < -0.39 is 0 Å². The standard InChI is InChI=1S/C23H28N4O3/c1-3-4-5-8-15-30-20-11-10-18(16-21(20)29-2)23(28)25-22-12-14-27(26-22)17-19-9-6-7-13-24-19/h6-7,9-14,16H,3-5,8,15,17H2,1-2H3,(H,25,26,28). The lowest BCUT2D eigenvalue weighted by Gasteiger charge is -2.12. The molecule has 2 heterocycles. The summed E-state index contributed by atoms with van der Waals surface area (Å²) in [5.41, 5.74) is 1.37. The van der Waals surface area contributed by atoms with Gasteiger partial charge in [-0.15, -0.1) is 0 Å². The van der Waals surface area contributed by atoms with Crippen molar-refractivity contribution in [2.45, 2.75) is 39.2 Å². The van der Waals surface area contributed by atoms with Gasteiger partial charge in [0.15, 0.2) is 17.3 Å². The minimum absolute atomic E-state index is 0.258. The molecule has 1 N–H and O–H groups in total. The summed E-state index contributed by atoms with van der Waals surface area (Å²) in [6, 6.07) is 12.7. The van der Waals surface area contributed by atoms with Crippen molar-refractivity contribution in [3.63, 3.8) is 0 Å². The summed E-state index contributed by atoms with van der Waals surface area (Å²) >= 11 is 0. The minimum Gasteiger partial charge on any atom is -0.493 e. The minimum atomic E-state index is -0.258. The number of ether oxygens (including phenoxy) is 2. The second-order valence-electron chi connectivity index (χ2n) is 6.95. The van der Waals surface area contributed by atoms with Crippen LogP contribution in [-0.2, 0) is 6.54 Å². The maximum Gasteiger partial charge on any atom is 0.257 e. The summed E-state index contributed by atoms with van der Waals surface area (Å²) in [5, 5.41) is 7.20.